The molecule has 0 fully saturated rings. The molecule has 0 bridgehead atoms. The zero-order valence-electron chi connectivity index (χ0n) is 27.4. The number of para-hydroxylation sites is 2. The van der Waals surface area contributed by atoms with Crippen LogP contribution in [-0.2, 0) is 0 Å². The highest BCUT2D eigenvalue weighted by molar-refractivity contribution is 6.19. The van der Waals surface area contributed by atoms with Gasteiger partial charge in [0.05, 0.1) is 27.8 Å². The SMILES string of the molecule is c1ccc(-c2ccc(-n3c4ccccc4c4cc5c(cc43)c3ccccc3n5-c3ccc(-c4ccccc4)cc3-c3ccccc3)cc2)cc1. The molecular formula is C48H32N2. The molecule has 2 heterocycles. The van der Waals surface area contributed by atoms with Gasteiger partial charge in [0.25, 0.3) is 0 Å². The van der Waals surface area contributed by atoms with Gasteiger partial charge in [0, 0.05) is 32.8 Å². The fourth-order valence-electron chi connectivity index (χ4n) is 7.79. The summed E-state index contributed by atoms with van der Waals surface area (Å²) in [6.07, 6.45) is 0. The van der Waals surface area contributed by atoms with Crippen LogP contribution in [0.5, 0.6) is 0 Å². The lowest BCUT2D eigenvalue weighted by molar-refractivity contribution is 1.18. The van der Waals surface area contributed by atoms with E-state index >= 15 is 0 Å². The van der Waals surface area contributed by atoms with E-state index in [9.17, 15) is 0 Å². The molecule has 0 aliphatic rings. The zero-order valence-corrected chi connectivity index (χ0v) is 27.4. The summed E-state index contributed by atoms with van der Waals surface area (Å²) in [5.74, 6) is 0. The van der Waals surface area contributed by atoms with Crippen molar-refractivity contribution in [1.82, 2.24) is 9.13 Å². The van der Waals surface area contributed by atoms with Crippen molar-refractivity contribution in [2.24, 2.45) is 0 Å². The molecule has 234 valence electrons. The van der Waals surface area contributed by atoms with Gasteiger partial charge >= 0.3 is 0 Å². The lowest BCUT2D eigenvalue weighted by atomic mass is 9.97. The predicted molar refractivity (Wildman–Crippen MR) is 211 cm³/mol. The van der Waals surface area contributed by atoms with Gasteiger partial charge in [-0.05, 0) is 76.3 Å². The molecule has 0 aliphatic carbocycles. The van der Waals surface area contributed by atoms with Gasteiger partial charge in [-0.25, -0.2) is 0 Å². The number of fused-ring (bicyclic) bond motifs is 6. The Kier molecular flexibility index (Phi) is 6.53. The molecule has 10 aromatic rings. The lowest BCUT2D eigenvalue weighted by Crippen LogP contribution is -1.98. The predicted octanol–water partition coefficient (Wildman–Crippen LogP) is 12.9. The Balaban J connectivity index is 1.25. The first-order valence-electron chi connectivity index (χ1n) is 17.2. The number of nitrogens with zero attached hydrogens (tertiary/aromatic N) is 2. The molecular weight excluding hydrogens is 605 g/mol. The number of hydrogen-bond acceptors (Lipinski definition) is 0. The molecule has 0 spiro atoms. The number of hydrogen-bond donors (Lipinski definition) is 0. The van der Waals surface area contributed by atoms with E-state index in [0.29, 0.717) is 0 Å². The highest BCUT2D eigenvalue weighted by Gasteiger charge is 2.20. The maximum absolute atomic E-state index is 2.47. The zero-order chi connectivity index (χ0) is 33.0. The van der Waals surface area contributed by atoms with Crippen molar-refractivity contribution < 1.29 is 0 Å². The minimum absolute atomic E-state index is 1.15. The minimum Gasteiger partial charge on any atom is -0.309 e. The highest BCUT2D eigenvalue weighted by Crippen LogP contribution is 2.42. The summed E-state index contributed by atoms with van der Waals surface area (Å²) in [6, 6.07) is 70.4. The first-order chi connectivity index (χ1) is 24.8. The van der Waals surface area contributed by atoms with E-state index in [1.165, 1.54) is 82.7 Å². The van der Waals surface area contributed by atoms with Gasteiger partial charge in [-0.15, -0.1) is 0 Å². The Morgan fingerprint density at radius 1 is 0.260 bits per heavy atom. The quantitative estimate of drug-likeness (QED) is 0.178. The second-order valence-corrected chi connectivity index (χ2v) is 13.0. The molecule has 50 heavy (non-hydrogen) atoms. The molecule has 0 N–H and O–H groups in total. The first-order valence-corrected chi connectivity index (χ1v) is 17.2. The number of aromatic nitrogens is 2. The first kappa shape index (κ1) is 28.4. The molecule has 0 saturated carbocycles. The van der Waals surface area contributed by atoms with E-state index in [0.717, 1.165) is 5.69 Å². The standard InChI is InChI=1S/C48H32N2/c1-4-14-33(15-5-1)35-24-27-38(28-25-35)49-44-22-12-10-20-39(44)42-32-48-43(31-47(42)49)40-21-11-13-23-45(40)50(48)46-29-26-37(34-16-6-2-7-17-34)30-41(46)36-18-8-3-9-19-36/h1-32H. The van der Waals surface area contributed by atoms with Gasteiger partial charge in [0.15, 0.2) is 0 Å². The summed E-state index contributed by atoms with van der Waals surface area (Å²) in [4.78, 5) is 0. The Labute approximate surface area is 290 Å². The summed E-state index contributed by atoms with van der Waals surface area (Å²) in [7, 11) is 0. The monoisotopic (exact) mass is 636 g/mol. The smallest absolute Gasteiger partial charge is 0.0549 e. The molecule has 0 saturated heterocycles. The van der Waals surface area contributed by atoms with Crippen LogP contribution < -0.4 is 0 Å². The summed E-state index contributed by atoms with van der Waals surface area (Å²) in [6.45, 7) is 0. The molecule has 2 nitrogen and oxygen atoms in total. The molecule has 2 aromatic heterocycles. The summed E-state index contributed by atoms with van der Waals surface area (Å²) in [5, 5.41) is 4.97. The Morgan fingerprint density at radius 3 is 1.30 bits per heavy atom. The van der Waals surface area contributed by atoms with Crippen molar-refractivity contribution in [2.45, 2.75) is 0 Å². The van der Waals surface area contributed by atoms with Crippen LogP contribution in [0.15, 0.2) is 194 Å². The summed E-state index contributed by atoms with van der Waals surface area (Å²) in [5.41, 5.74) is 14.4. The molecule has 0 aliphatic heterocycles. The van der Waals surface area contributed by atoms with Crippen LogP contribution in [0.4, 0.5) is 0 Å². The Bertz CT molecular complexity index is 2820. The number of benzene rings is 8. The fraction of sp³-hybridized carbons (Fsp3) is 0. The minimum atomic E-state index is 1.15. The van der Waals surface area contributed by atoms with Crippen LogP contribution in [0.25, 0.3) is 88.4 Å². The molecule has 0 unspecified atom stereocenters. The maximum Gasteiger partial charge on any atom is 0.0549 e. The van der Waals surface area contributed by atoms with Gasteiger partial charge in [0.1, 0.15) is 0 Å². The van der Waals surface area contributed by atoms with E-state index in [2.05, 4.69) is 203 Å². The lowest BCUT2D eigenvalue weighted by Gasteiger charge is -2.16. The van der Waals surface area contributed by atoms with Crippen molar-refractivity contribution in [1.29, 1.82) is 0 Å². The van der Waals surface area contributed by atoms with Crippen molar-refractivity contribution in [3.05, 3.63) is 194 Å². The van der Waals surface area contributed by atoms with Gasteiger partial charge in [-0.3, -0.25) is 0 Å². The number of rotatable bonds is 5. The fourth-order valence-corrected chi connectivity index (χ4v) is 7.79. The van der Waals surface area contributed by atoms with Crippen LogP contribution >= 0.6 is 0 Å². The van der Waals surface area contributed by atoms with E-state index in [1.807, 2.05) is 0 Å². The Morgan fingerprint density at radius 2 is 0.700 bits per heavy atom. The maximum atomic E-state index is 2.47. The van der Waals surface area contributed by atoms with Crippen molar-refractivity contribution in [2.75, 3.05) is 0 Å². The molecule has 10 rings (SSSR count). The van der Waals surface area contributed by atoms with Gasteiger partial charge in [-0.1, -0.05) is 146 Å². The molecule has 0 radical (unpaired) electrons. The topological polar surface area (TPSA) is 9.86 Å². The third-order valence-electron chi connectivity index (χ3n) is 10.1. The molecule has 0 amide bonds. The molecule has 0 atom stereocenters. The summed E-state index contributed by atoms with van der Waals surface area (Å²) < 4.78 is 4.90. The largest absolute Gasteiger partial charge is 0.309 e. The van der Waals surface area contributed by atoms with Crippen LogP contribution in [0.1, 0.15) is 0 Å². The third kappa shape index (κ3) is 4.50. The Hall–Kier alpha value is -6.64. The van der Waals surface area contributed by atoms with Gasteiger partial charge in [-0.2, -0.15) is 0 Å². The third-order valence-corrected chi connectivity index (χ3v) is 10.1. The van der Waals surface area contributed by atoms with Crippen molar-refractivity contribution >= 4 is 43.6 Å². The van der Waals surface area contributed by atoms with Crippen LogP contribution in [0, 0.1) is 0 Å². The van der Waals surface area contributed by atoms with Crippen LogP contribution in [0.2, 0.25) is 0 Å². The second-order valence-electron chi connectivity index (χ2n) is 13.0. The molecule has 8 aromatic carbocycles. The van der Waals surface area contributed by atoms with Gasteiger partial charge < -0.3 is 9.13 Å². The van der Waals surface area contributed by atoms with Gasteiger partial charge in [0.2, 0.25) is 0 Å². The average molecular weight is 637 g/mol. The van der Waals surface area contributed by atoms with Crippen LogP contribution in [-0.4, -0.2) is 9.13 Å². The van der Waals surface area contributed by atoms with E-state index in [1.54, 1.807) is 0 Å². The van der Waals surface area contributed by atoms with E-state index < -0.39 is 0 Å². The average Bonchev–Trinajstić information content (AvgIpc) is 3.70. The van der Waals surface area contributed by atoms with Crippen molar-refractivity contribution in [3.8, 4) is 44.8 Å². The van der Waals surface area contributed by atoms with Crippen LogP contribution in [0.3, 0.4) is 0 Å². The molecule has 2 heteroatoms. The van der Waals surface area contributed by atoms with E-state index in [-0.39, 0.29) is 0 Å². The normalized spacial score (nSPS) is 11.6. The van der Waals surface area contributed by atoms with E-state index in [4.69, 9.17) is 0 Å². The summed E-state index contributed by atoms with van der Waals surface area (Å²) >= 11 is 0. The second kappa shape index (κ2) is 11.5. The van der Waals surface area contributed by atoms with Crippen molar-refractivity contribution in [3.63, 3.8) is 0 Å². The highest BCUT2D eigenvalue weighted by atomic mass is 15.0.